The number of halogens is 2. The fourth-order valence-electron chi connectivity index (χ4n) is 1.81. The van der Waals surface area contributed by atoms with Crippen molar-refractivity contribution >= 4 is 17.4 Å². The Balaban J connectivity index is 1.96. The van der Waals surface area contributed by atoms with Gasteiger partial charge >= 0.3 is 6.03 Å². The van der Waals surface area contributed by atoms with E-state index in [0.29, 0.717) is 11.4 Å². The number of benzene rings is 2. The van der Waals surface area contributed by atoms with Crippen molar-refractivity contribution in [2.75, 3.05) is 10.6 Å². The van der Waals surface area contributed by atoms with Gasteiger partial charge in [0.15, 0.2) is 0 Å². The van der Waals surface area contributed by atoms with Gasteiger partial charge in [-0.25, -0.2) is 13.6 Å². The molecule has 0 aromatic heterocycles. The minimum atomic E-state index is -0.759. The van der Waals surface area contributed by atoms with E-state index in [9.17, 15) is 13.6 Å². The molecule has 0 aliphatic rings. The maximum Gasteiger partial charge on any atom is 0.323 e. The molecule has 2 N–H and O–H groups in total. The number of ether oxygens (including phenoxy) is 1. The molecule has 0 spiro atoms. The van der Waals surface area contributed by atoms with Crippen LogP contribution in [0.1, 0.15) is 13.8 Å². The fourth-order valence-corrected chi connectivity index (χ4v) is 1.81. The molecule has 2 rings (SSSR count). The first-order valence-corrected chi connectivity index (χ1v) is 6.73. The zero-order valence-corrected chi connectivity index (χ0v) is 12.2. The second-order valence-electron chi connectivity index (χ2n) is 4.93. The quantitative estimate of drug-likeness (QED) is 0.880. The highest BCUT2D eigenvalue weighted by Gasteiger charge is 2.06. The van der Waals surface area contributed by atoms with Gasteiger partial charge in [-0.1, -0.05) is 0 Å². The van der Waals surface area contributed by atoms with E-state index in [1.54, 1.807) is 24.3 Å². The van der Waals surface area contributed by atoms with Crippen LogP contribution in [0.25, 0.3) is 0 Å². The van der Waals surface area contributed by atoms with Crippen molar-refractivity contribution in [3.05, 3.63) is 54.1 Å². The molecule has 22 heavy (non-hydrogen) atoms. The van der Waals surface area contributed by atoms with Gasteiger partial charge in [0.25, 0.3) is 0 Å². The van der Waals surface area contributed by atoms with E-state index in [1.165, 1.54) is 0 Å². The van der Waals surface area contributed by atoms with Crippen LogP contribution in [0.5, 0.6) is 5.75 Å². The molecule has 0 saturated heterocycles. The smallest absolute Gasteiger partial charge is 0.323 e. The maximum absolute atomic E-state index is 13.0. The molecule has 116 valence electrons. The maximum atomic E-state index is 13.0. The lowest BCUT2D eigenvalue weighted by Gasteiger charge is -2.11. The highest BCUT2D eigenvalue weighted by molar-refractivity contribution is 5.99. The first kappa shape index (κ1) is 15.8. The SMILES string of the molecule is CC(C)Oc1ccc(NC(=O)Nc2cc(F)cc(F)c2)cc1. The average molecular weight is 306 g/mol. The third-order valence-electron chi connectivity index (χ3n) is 2.60. The van der Waals surface area contributed by atoms with E-state index >= 15 is 0 Å². The van der Waals surface area contributed by atoms with Crippen LogP contribution in [-0.2, 0) is 0 Å². The van der Waals surface area contributed by atoms with E-state index in [4.69, 9.17) is 4.74 Å². The van der Waals surface area contributed by atoms with Crippen LogP contribution >= 0.6 is 0 Å². The Morgan fingerprint density at radius 2 is 1.50 bits per heavy atom. The summed E-state index contributed by atoms with van der Waals surface area (Å²) in [5.41, 5.74) is 0.570. The number of carbonyl (C=O) groups excluding carboxylic acids is 1. The zero-order valence-electron chi connectivity index (χ0n) is 12.2. The lowest BCUT2D eigenvalue weighted by molar-refractivity contribution is 0.242. The Labute approximate surface area is 127 Å². The van der Waals surface area contributed by atoms with Gasteiger partial charge < -0.3 is 15.4 Å². The van der Waals surface area contributed by atoms with Crippen LogP contribution < -0.4 is 15.4 Å². The fraction of sp³-hybridized carbons (Fsp3) is 0.188. The highest BCUT2D eigenvalue weighted by atomic mass is 19.1. The molecule has 0 aliphatic heterocycles. The molecule has 2 amide bonds. The van der Waals surface area contributed by atoms with E-state index in [-0.39, 0.29) is 11.8 Å². The second-order valence-corrected chi connectivity index (χ2v) is 4.93. The molecule has 0 saturated carbocycles. The largest absolute Gasteiger partial charge is 0.491 e. The predicted octanol–water partition coefficient (Wildman–Crippen LogP) is 4.40. The zero-order chi connectivity index (χ0) is 16.1. The summed E-state index contributed by atoms with van der Waals surface area (Å²) in [6.45, 7) is 3.83. The summed E-state index contributed by atoms with van der Waals surface area (Å²) in [5, 5.41) is 4.92. The number of anilines is 2. The van der Waals surface area contributed by atoms with Crippen LogP contribution in [0.15, 0.2) is 42.5 Å². The van der Waals surface area contributed by atoms with Crippen molar-refractivity contribution in [3.8, 4) is 5.75 Å². The number of carbonyl (C=O) groups is 1. The summed E-state index contributed by atoms with van der Waals surface area (Å²) in [6, 6.07) is 8.98. The molecule has 2 aromatic carbocycles. The topological polar surface area (TPSA) is 50.4 Å². The molecule has 0 heterocycles. The van der Waals surface area contributed by atoms with Gasteiger partial charge in [-0.2, -0.15) is 0 Å². The van der Waals surface area contributed by atoms with E-state index < -0.39 is 17.7 Å². The van der Waals surface area contributed by atoms with Crippen molar-refractivity contribution in [1.82, 2.24) is 0 Å². The Morgan fingerprint density at radius 3 is 2.05 bits per heavy atom. The summed E-state index contributed by atoms with van der Waals surface area (Å²) in [4.78, 5) is 11.8. The van der Waals surface area contributed by atoms with E-state index in [2.05, 4.69) is 10.6 Å². The van der Waals surface area contributed by atoms with Crippen molar-refractivity contribution in [2.24, 2.45) is 0 Å². The van der Waals surface area contributed by atoms with Crippen molar-refractivity contribution in [2.45, 2.75) is 20.0 Å². The van der Waals surface area contributed by atoms with Crippen LogP contribution in [0.4, 0.5) is 25.0 Å². The molecule has 0 atom stereocenters. The molecular formula is C16H16F2N2O2. The Morgan fingerprint density at radius 1 is 0.955 bits per heavy atom. The van der Waals surface area contributed by atoms with Gasteiger partial charge in [-0.05, 0) is 50.2 Å². The average Bonchev–Trinajstić information content (AvgIpc) is 2.39. The second kappa shape index (κ2) is 6.89. The number of hydrogen-bond acceptors (Lipinski definition) is 2. The van der Waals surface area contributed by atoms with Gasteiger partial charge in [-0.15, -0.1) is 0 Å². The lowest BCUT2D eigenvalue weighted by atomic mass is 10.3. The molecule has 0 radical (unpaired) electrons. The van der Waals surface area contributed by atoms with Crippen LogP contribution in [-0.4, -0.2) is 12.1 Å². The molecule has 0 unspecified atom stereocenters. The van der Waals surface area contributed by atoms with Gasteiger partial charge in [0.05, 0.1) is 6.10 Å². The lowest BCUT2D eigenvalue weighted by Crippen LogP contribution is -2.19. The summed E-state index contributed by atoms with van der Waals surface area (Å²) >= 11 is 0. The van der Waals surface area contributed by atoms with Crippen molar-refractivity contribution in [1.29, 1.82) is 0 Å². The van der Waals surface area contributed by atoms with Crippen LogP contribution in [0, 0.1) is 11.6 Å². The minimum Gasteiger partial charge on any atom is -0.491 e. The molecule has 6 heteroatoms. The Hall–Kier alpha value is -2.63. The van der Waals surface area contributed by atoms with Gasteiger partial charge in [0.1, 0.15) is 17.4 Å². The number of urea groups is 1. The van der Waals surface area contributed by atoms with Gasteiger partial charge in [0.2, 0.25) is 0 Å². The standard InChI is InChI=1S/C16H16F2N2O2/c1-10(2)22-15-5-3-13(4-6-15)19-16(21)20-14-8-11(17)7-12(18)9-14/h3-10H,1-2H3,(H2,19,20,21). The summed E-state index contributed by atoms with van der Waals surface area (Å²) in [7, 11) is 0. The molecule has 0 bridgehead atoms. The van der Waals surface area contributed by atoms with Crippen LogP contribution in [0.2, 0.25) is 0 Å². The summed E-state index contributed by atoms with van der Waals surface area (Å²) in [6.07, 6.45) is 0.0602. The third-order valence-corrected chi connectivity index (χ3v) is 2.60. The summed E-state index contributed by atoms with van der Waals surface area (Å²) in [5.74, 6) is -0.830. The van der Waals surface area contributed by atoms with Crippen molar-refractivity contribution in [3.63, 3.8) is 0 Å². The van der Waals surface area contributed by atoms with Crippen LogP contribution in [0.3, 0.4) is 0 Å². The third kappa shape index (κ3) is 4.73. The summed E-state index contributed by atoms with van der Waals surface area (Å²) < 4.78 is 31.5. The van der Waals surface area contributed by atoms with Gasteiger partial charge in [-0.3, -0.25) is 0 Å². The van der Waals surface area contributed by atoms with Crippen molar-refractivity contribution < 1.29 is 18.3 Å². The number of hydrogen-bond donors (Lipinski definition) is 2. The normalized spacial score (nSPS) is 10.4. The number of nitrogens with one attached hydrogen (secondary N) is 2. The van der Waals surface area contributed by atoms with E-state index in [0.717, 1.165) is 18.2 Å². The molecular weight excluding hydrogens is 290 g/mol. The molecule has 0 fully saturated rings. The molecule has 4 nitrogen and oxygen atoms in total. The molecule has 2 aromatic rings. The highest BCUT2D eigenvalue weighted by Crippen LogP contribution is 2.18. The van der Waals surface area contributed by atoms with Gasteiger partial charge in [0, 0.05) is 17.4 Å². The minimum absolute atomic E-state index is 0.0368. The molecule has 0 aliphatic carbocycles. The van der Waals surface area contributed by atoms with E-state index in [1.807, 2.05) is 13.8 Å². The monoisotopic (exact) mass is 306 g/mol. The first-order chi connectivity index (χ1) is 10.4. The number of amides is 2. The Kier molecular flexibility index (Phi) is 4.93. The Bertz CT molecular complexity index is 637. The first-order valence-electron chi connectivity index (χ1n) is 6.73. The predicted molar refractivity (Wildman–Crippen MR) is 81.2 cm³/mol. The number of rotatable bonds is 4.